The van der Waals surface area contributed by atoms with Gasteiger partial charge in [0.05, 0.1) is 0 Å². The Morgan fingerprint density at radius 2 is 2.24 bits per heavy atom. The van der Waals surface area contributed by atoms with Gasteiger partial charge in [0.1, 0.15) is 0 Å². The van der Waals surface area contributed by atoms with Crippen molar-refractivity contribution in [1.29, 1.82) is 0 Å². The van der Waals surface area contributed by atoms with E-state index >= 15 is 0 Å². The summed E-state index contributed by atoms with van der Waals surface area (Å²) in [5.41, 5.74) is 1.27. The van der Waals surface area contributed by atoms with E-state index in [2.05, 4.69) is 31.8 Å². The van der Waals surface area contributed by atoms with Gasteiger partial charge in [-0.25, -0.2) is 0 Å². The topological polar surface area (TPSA) is 12.0 Å². The van der Waals surface area contributed by atoms with E-state index in [1.165, 1.54) is 5.56 Å². The molecule has 1 N–H and O–H groups in total. The summed E-state index contributed by atoms with van der Waals surface area (Å²) >= 11 is 6.03. The minimum Gasteiger partial charge on any atom is -0.307 e. The third-order valence-corrected chi connectivity index (χ3v) is 3.18. The average molecular weight is 252 g/mol. The van der Waals surface area contributed by atoms with Gasteiger partial charge in [-0.05, 0) is 43.9 Å². The van der Waals surface area contributed by atoms with Gasteiger partial charge >= 0.3 is 0 Å². The van der Waals surface area contributed by atoms with E-state index in [-0.39, 0.29) is 0 Å². The summed E-state index contributed by atoms with van der Waals surface area (Å²) in [6.07, 6.45) is 5.22. The maximum absolute atomic E-state index is 6.03. The lowest BCUT2D eigenvalue weighted by molar-refractivity contribution is 0.429. The van der Waals surface area contributed by atoms with Gasteiger partial charge in [0.2, 0.25) is 0 Å². The van der Waals surface area contributed by atoms with E-state index in [1.54, 1.807) is 0 Å². The molecule has 0 aromatic heterocycles. The predicted octanol–water partition coefficient (Wildman–Crippen LogP) is 4.74. The Balaban J connectivity index is 2.62. The van der Waals surface area contributed by atoms with Crippen LogP contribution in [0.2, 0.25) is 5.02 Å². The number of benzene rings is 1. The number of rotatable bonds is 7. The van der Waals surface area contributed by atoms with Crippen LogP contribution in [0, 0.1) is 0 Å². The molecule has 0 aliphatic heterocycles. The Kier molecular flexibility index (Phi) is 6.31. The molecule has 1 rings (SSSR count). The Labute approximate surface area is 110 Å². The standard InChI is InChI=1S/C15H22ClN/c1-4-6-8-12(3)17-15(5-2)13-9-7-10-14(16)11-13/h4,7,9-12,15,17H,1,5-6,8H2,2-3H3. The summed E-state index contributed by atoms with van der Waals surface area (Å²) in [5, 5.41) is 4.45. The van der Waals surface area contributed by atoms with Crippen LogP contribution in [0.25, 0.3) is 0 Å². The smallest absolute Gasteiger partial charge is 0.0409 e. The number of hydrogen-bond donors (Lipinski definition) is 1. The van der Waals surface area contributed by atoms with Crippen LogP contribution in [0.4, 0.5) is 0 Å². The molecular weight excluding hydrogens is 230 g/mol. The van der Waals surface area contributed by atoms with Gasteiger partial charge in [0.25, 0.3) is 0 Å². The normalized spacial score (nSPS) is 14.3. The van der Waals surface area contributed by atoms with Crippen molar-refractivity contribution in [2.45, 2.75) is 45.2 Å². The summed E-state index contributed by atoms with van der Waals surface area (Å²) in [4.78, 5) is 0. The van der Waals surface area contributed by atoms with Crippen molar-refractivity contribution < 1.29 is 0 Å². The van der Waals surface area contributed by atoms with E-state index in [4.69, 9.17) is 11.6 Å². The van der Waals surface area contributed by atoms with Gasteiger partial charge < -0.3 is 5.32 Å². The maximum Gasteiger partial charge on any atom is 0.0409 e. The second kappa shape index (κ2) is 7.52. The van der Waals surface area contributed by atoms with Crippen molar-refractivity contribution in [3.05, 3.63) is 47.5 Å². The van der Waals surface area contributed by atoms with E-state index in [1.807, 2.05) is 24.3 Å². The molecular formula is C15H22ClN. The van der Waals surface area contributed by atoms with Gasteiger partial charge in [-0.2, -0.15) is 0 Å². The summed E-state index contributed by atoms with van der Waals surface area (Å²) in [7, 11) is 0. The van der Waals surface area contributed by atoms with Crippen molar-refractivity contribution in [2.24, 2.45) is 0 Å². The fraction of sp³-hybridized carbons (Fsp3) is 0.467. The molecule has 1 aromatic rings. The largest absolute Gasteiger partial charge is 0.307 e. The fourth-order valence-corrected chi connectivity index (χ4v) is 2.17. The van der Waals surface area contributed by atoms with E-state index in [0.717, 1.165) is 24.3 Å². The molecule has 1 nitrogen and oxygen atoms in total. The first-order valence-corrected chi connectivity index (χ1v) is 6.67. The van der Waals surface area contributed by atoms with Crippen molar-refractivity contribution in [1.82, 2.24) is 5.32 Å². The first kappa shape index (κ1) is 14.3. The van der Waals surface area contributed by atoms with Gasteiger partial charge in [-0.3, -0.25) is 0 Å². The molecule has 1 aromatic carbocycles. The summed E-state index contributed by atoms with van der Waals surface area (Å²) in [6, 6.07) is 8.98. The zero-order chi connectivity index (χ0) is 12.7. The van der Waals surface area contributed by atoms with Crippen molar-refractivity contribution in [2.75, 3.05) is 0 Å². The molecule has 0 bridgehead atoms. The maximum atomic E-state index is 6.03. The monoisotopic (exact) mass is 251 g/mol. The number of nitrogens with one attached hydrogen (secondary N) is 1. The van der Waals surface area contributed by atoms with Crippen molar-refractivity contribution in [3.8, 4) is 0 Å². The molecule has 0 heterocycles. The Morgan fingerprint density at radius 1 is 1.47 bits per heavy atom. The highest BCUT2D eigenvalue weighted by Crippen LogP contribution is 2.21. The van der Waals surface area contributed by atoms with E-state index in [9.17, 15) is 0 Å². The molecule has 0 radical (unpaired) electrons. The summed E-state index contributed by atoms with van der Waals surface area (Å²) in [6.45, 7) is 8.17. The highest BCUT2D eigenvalue weighted by atomic mass is 35.5. The molecule has 0 fully saturated rings. The van der Waals surface area contributed by atoms with Gasteiger partial charge in [-0.1, -0.05) is 36.7 Å². The molecule has 0 saturated carbocycles. The van der Waals surface area contributed by atoms with Crippen molar-refractivity contribution in [3.63, 3.8) is 0 Å². The molecule has 2 unspecified atom stereocenters. The zero-order valence-corrected chi connectivity index (χ0v) is 11.5. The van der Waals surface area contributed by atoms with Crippen LogP contribution in [0.1, 0.15) is 44.7 Å². The highest BCUT2D eigenvalue weighted by molar-refractivity contribution is 6.30. The number of halogens is 1. The van der Waals surface area contributed by atoms with E-state index in [0.29, 0.717) is 12.1 Å². The lowest BCUT2D eigenvalue weighted by Gasteiger charge is -2.22. The quantitative estimate of drug-likeness (QED) is 0.691. The SMILES string of the molecule is C=CCCC(C)NC(CC)c1cccc(Cl)c1. The van der Waals surface area contributed by atoms with Crippen LogP contribution in [-0.2, 0) is 0 Å². The third-order valence-electron chi connectivity index (χ3n) is 2.95. The van der Waals surface area contributed by atoms with E-state index < -0.39 is 0 Å². The summed E-state index contributed by atoms with van der Waals surface area (Å²) in [5.74, 6) is 0. The first-order valence-electron chi connectivity index (χ1n) is 6.29. The molecule has 2 heteroatoms. The Bertz CT molecular complexity index is 349. The molecule has 0 spiro atoms. The molecule has 0 saturated heterocycles. The van der Waals surface area contributed by atoms with Crippen LogP contribution in [-0.4, -0.2) is 6.04 Å². The van der Waals surface area contributed by atoms with Gasteiger partial charge in [-0.15, -0.1) is 6.58 Å². The van der Waals surface area contributed by atoms with Crippen LogP contribution < -0.4 is 5.32 Å². The van der Waals surface area contributed by atoms with Crippen LogP contribution >= 0.6 is 11.6 Å². The minimum atomic E-state index is 0.383. The molecule has 0 aliphatic rings. The third kappa shape index (κ3) is 4.93. The second-order valence-corrected chi connectivity index (χ2v) is 4.89. The van der Waals surface area contributed by atoms with Gasteiger partial charge in [0.15, 0.2) is 0 Å². The van der Waals surface area contributed by atoms with Crippen LogP contribution in [0.5, 0.6) is 0 Å². The number of hydrogen-bond acceptors (Lipinski definition) is 1. The fourth-order valence-electron chi connectivity index (χ4n) is 1.97. The lowest BCUT2D eigenvalue weighted by atomic mass is 10.0. The first-order chi connectivity index (χ1) is 8.17. The zero-order valence-electron chi connectivity index (χ0n) is 10.7. The minimum absolute atomic E-state index is 0.383. The molecule has 0 aliphatic carbocycles. The second-order valence-electron chi connectivity index (χ2n) is 4.45. The average Bonchev–Trinajstić information content (AvgIpc) is 2.33. The van der Waals surface area contributed by atoms with Crippen LogP contribution in [0.3, 0.4) is 0 Å². The van der Waals surface area contributed by atoms with Crippen molar-refractivity contribution >= 4 is 11.6 Å². The molecule has 0 amide bonds. The molecule has 94 valence electrons. The molecule has 2 atom stereocenters. The lowest BCUT2D eigenvalue weighted by Crippen LogP contribution is -2.30. The summed E-state index contributed by atoms with van der Waals surface area (Å²) < 4.78 is 0. The molecule has 17 heavy (non-hydrogen) atoms. The van der Waals surface area contributed by atoms with Gasteiger partial charge in [0, 0.05) is 17.1 Å². The Morgan fingerprint density at radius 3 is 2.82 bits per heavy atom. The predicted molar refractivity (Wildman–Crippen MR) is 76.5 cm³/mol. The number of allylic oxidation sites excluding steroid dienone is 1. The van der Waals surface area contributed by atoms with Crippen LogP contribution in [0.15, 0.2) is 36.9 Å². The Hall–Kier alpha value is -0.790. The highest BCUT2D eigenvalue weighted by Gasteiger charge is 2.12.